The second-order valence-electron chi connectivity index (χ2n) is 3.07. The third kappa shape index (κ3) is 5.03. The lowest BCUT2D eigenvalue weighted by Gasteiger charge is -2.25. The summed E-state index contributed by atoms with van der Waals surface area (Å²) in [6.45, 7) is 7.02. The first-order valence-electron chi connectivity index (χ1n) is 3.96. The Balaban J connectivity index is 4.54. The highest BCUT2D eigenvalue weighted by atomic mass is 32.1. The summed E-state index contributed by atoms with van der Waals surface area (Å²) in [4.78, 5) is 0. The maximum Gasteiger partial charge on any atom is 0.342 e. The molecule has 0 N–H and O–H groups in total. The van der Waals surface area contributed by atoms with Gasteiger partial charge in [-0.1, -0.05) is 0 Å². The summed E-state index contributed by atoms with van der Waals surface area (Å²) in [5, 5.41) is 0. The summed E-state index contributed by atoms with van der Waals surface area (Å²) in [5.74, 6) is 0. The van der Waals surface area contributed by atoms with Gasteiger partial charge in [0.15, 0.2) is 0 Å². The highest BCUT2D eigenvalue weighted by Crippen LogP contribution is 2.51. The van der Waals surface area contributed by atoms with Crippen molar-refractivity contribution in [2.24, 2.45) is 0 Å². The molecule has 0 aromatic rings. The summed E-state index contributed by atoms with van der Waals surface area (Å²) in [7, 11) is -3.36. The molecule has 0 aromatic heterocycles. The van der Waals surface area contributed by atoms with E-state index in [2.05, 4.69) is 24.8 Å². The maximum atomic E-state index is 11.8. The van der Waals surface area contributed by atoms with Crippen LogP contribution in [0.5, 0.6) is 0 Å². The molecule has 0 bridgehead atoms. The molecular weight excluding hydrogens is 227 g/mol. The van der Waals surface area contributed by atoms with Crippen molar-refractivity contribution >= 4 is 36.4 Å². The van der Waals surface area contributed by atoms with E-state index in [1.807, 2.05) is 0 Å². The monoisotopic (exact) mass is 241 g/mol. The van der Waals surface area contributed by atoms with Crippen molar-refractivity contribution in [3.05, 3.63) is 0 Å². The predicted molar refractivity (Wildman–Crippen MR) is 60.0 cm³/mol. The molecule has 0 radical (unpaired) electrons. The van der Waals surface area contributed by atoms with Crippen LogP contribution < -0.4 is 0 Å². The van der Waals surface area contributed by atoms with Crippen molar-refractivity contribution < 1.29 is 13.6 Å². The van der Waals surface area contributed by atoms with Crippen LogP contribution in [0.3, 0.4) is 0 Å². The number of hydrogen-bond acceptors (Lipinski definition) is 5. The normalized spacial score (nSPS) is 12.5. The van der Waals surface area contributed by atoms with Crippen molar-refractivity contribution in [2.45, 2.75) is 39.9 Å². The van der Waals surface area contributed by atoms with Gasteiger partial charge < -0.3 is 33.9 Å². The quantitative estimate of drug-likeness (QED) is 0.420. The minimum absolute atomic E-state index is 0.130. The van der Waals surface area contributed by atoms with Gasteiger partial charge in [0.2, 0.25) is 0 Å². The zero-order chi connectivity index (χ0) is 10.6. The predicted octanol–water partition coefficient (Wildman–Crippen LogP) is 2.86. The lowest BCUT2D eigenvalue weighted by atomic mass is 10.5. The number of hydrogen-bond donors (Lipinski definition) is 0. The zero-order valence-corrected chi connectivity index (χ0v) is 10.7. The topological polar surface area (TPSA) is 35.5 Å². The van der Waals surface area contributed by atoms with Crippen LogP contribution in [0.4, 0.5) is 0 Å². The van der Waals surface area contributed by atoms with Crippen LogP contribution in [0.25, 0.3) is 0 Å². The Kier molecular flexibility index (Phi) is 5.56. The summed E-state index contributed by atoms with van der Waals surface area (Å²) >= 11 is 9.34. The van der Waals surface area contributed by atoms with Gasteiger partial charge in [-0.05, 0) is 31.6 Å². The van der Waals surface area contributed by atoms with Crippen molar-refractivity contribution in [1.29, 1.82) is 0 Å². The zero-order valence-electron chi connectivity index (χ0n) is 8.14. The van der Waals surface area contributed by atoms with Gasteiger partial charge in [-0.15, -0.1) is 0 Å². The van der Waals surface area contributed by atoms with E-state index < -0.39 is 7.60 Å². The summed E-state index contributed by atoms with van der Waals surface area (Å²) in [6.07, 6.45) is -0.434. The van der Waals surface area contributed by atoms with Gasteiger partial charge >= 0.3 is 7.60 Å². The molecule has 3 nitrogen and oxygen atoms in total. The van der Waals surface area contributed by atoms with Gasteiger partial charge in [-0.25, -0.2) is 0 Å². The smallest absolute Gasteiger partial charge is 0.342 e. The van der Waals surface area contributed by atoms with Crippen LogP contribution in [0, 0.1) is 0 Å². The van der Waals surface area contributed by atoms with Crippen molar-refractivity contribution in [3.8, 4) is 0 Å². The molecule has 6 heteroatoms. The minimum Gasteiger partial charge on any atom is -0.421 e. The Morgan fingerprint density at radius 3 is 1.69 bits per heavy atom. The Hall–Kier alpha value is 0.460. The highest BCUT2D eigenvalue weighted by Gasteiger charge is 2.25. The Morgan fingerprint density at radius 1 is 1.23 bits per heavy atom. The fourth-order valence-electron chi connectivity index (χ4n) is 0.666. The Labute approximate surface area is 90.1 Å². The van der Waals surface area contributed by atoms with Crippen molar-refractivity contribution in [3.63, 3.8) is 0 Å². The number of thiocarbonyl (C=S) groups is 1. The molecule has 0 spiro atoms. The molecule has 13 heavy (non-hydrogen) atoms. The molecule has 0 aliphatic rings. The van der Waals surface area contributed by atoms with Gasteiger partial charge in [0.25, 0.3) is 0 Å². The van der Waals surface area contributed by atoms with Crippen LogP contribution >= 0.6 is 19.8 Å². The molecule has 0 fully saturated rings. The van der Waals surface area contributed by atoms with Gasteiger partial charge in [0.05, 0.1) is 12.2 Å². The first-order chi connectivity index (χ1) is 5.78. The van der Waals surface area contributed by atoms with E-state index in [1.165, 1.54) is 0 Å². The third-order valence-electron chi connectivity index (χ3n) is 0.923. The first kappa shape index (κ1) is 13.5. The van der Waals surface area contributed by atoms with E-state index in [-0.39, 0.29) is 16.1 Å². The molecule has 0 aromatic carbocycles. The largest absolute Gasteiger partial charge is 0.421 e. The lowest BCUT2D eigenvalue weighted by Crippen LogP contribution is -2.11. The standard InChI is InChI=1S/C7H15O3PS2/c1-5(2)9-11(8,7(12)13)10-6(3)4/h5-6H,1-4H3,(H,12,13)/p-1. The van der Waals surface area contributed by atoms with Crippen molar-refractivity contribution in [1.82, 2.24) is 0 Å². The van der Waals surface area contributed by atoms with Crippen LogP contribution in [-0.2, 0) is 26.2 Å². The fourth-order valence-corrected chi connectivity index (χ4v) is 2.51. The number of rotatable bonds is 5. The summed E-state index contributed by atoms with van der Waals surface area (Å²) in [6, 6.07) is 0. The average Bonchev–Trinajstić information content (AvgIpc) is 1.82. The molecule has 0 amide bonds. The summed E-state index contributed by atoms with van der Waals surface area (Å²) in [5.41, 5.74) is 0. The molecule has 0 saturated heterocycles. The Morgan fingerprint density at radius 2 is 1.54 bits per heavy atom. The SMILES string of the molecule is CC(C)OP(=O)(OC(C)C)C(=S)[S-]. The van der Waals surface area contributed by atoms with Gasteiger partial charge in [0.1, 0.15) is 0 Å². The molecule has 0 aliphatic heterocycles. The molecule has 0 atom stereocenters. The van der Waals surface area contributed by atoms with Crippen LogP contribution in [0.1, 0.15) is 27.7 Å². The fraction of sp³-hybridized carbons (Fsp3) is 0.857. The molecule has 0 saturated carbocycles. The van der Waals surface area contributed by atoms with Crippen molar-refractivity contribution in [2.75, 3.05) is 0 Å². The molecule has 0 unspecified atom stereocenters. The van der Waals surface area contributed by atoms with E-state index in [9.17, 15) is 4.57 Å². The van der Waals surface area contributed by atoms with E-state index in [1.54, 1.807) is 27.7 Å². The van der Waals surface area contributed by atoms with E-state index in [0.717, 1.165) is 0 Å². The summed E-state index contributed by atoms with van der Waals surface area (Å²) < 4.78 is 21.9. The second-order valence-corrected chi connectivity index (χ2v) is 6.62. The molecular formula is C7H14O3PS2-. The minimum atomic E-state index is -3.36. The second kappa shape index (κ2) is 5.37. The lowest BCUT2D eigenvalue weighted by molar-refractivity contribution is 0.153. The Bertz CT molecular complexity index is 214. The molecule has 0 rings (SSSR count). The molecule has 0 heterocycles. The first-order valence-corrected chi connectivity index (χ1v) is 6.32. The third-order valence-corrected chi connectivity index (χ3v) is 4.11. The van der Waals surface area contributed by atoms with E-state index in [0.29, 0.717) is 0 Å². The van der Waals surface area contributed by atoms with E-state index >= 15 is 0 Å². The van der Waals surface area contributed by atoms with Gasteiger partial charge in [-0.2, -0.15) is 0 Å². The van der Waals surface area contributed by atoms with Crippen LogP contribution in [-0.4, -0.2) is 16.1 Å². The molecule has 78 valence electrons. The van der Waals surface area contributed by atoms with E-state index in [4.69, 9.17) is 9.05 Å². The highest BCUT2D eigenvalue weighted by molar-refractivity contribution is 8.18. The van der Waals surface area contributed by atoms with Gasteiger partial charge in [0, 0.05) is 0 Å². The average molecular weight is 241 g/mol. The van der Waals surface area contributed by atoms with Crippen LogP contribution in [0.2, 0.25) is 0 Å². The van der Waals surface area contributed by atoms with Gasteiger partial charge in [-0.3, -0.25) is 4.57 Å². The maximum absolute atomic E-state index is 11.8. The van der Waals surface area contributed by atoms with Crippen LogP contribution in [0.15, 0.2) is 0 Å². The molecule has 0 aliphatic carbocycles.